The molecule has 4 nitrogen and oxygen atoms in total. The van der Waals surface area contributed by atoms with Crippen molar-refractivity contribution in [2.24, 2.45) is 0 Å². The van der Waals surface area contributed by atoms with Crippen LogP contribution in [0.4, 0.5) is 26.3 Å². The van der Waals surface area contributed by atoms with Crippen molar-refractivity contribution in [3.63, 3.8) is 0 Å². The zero-order valence-corrected chi connectivity index (χ0v) is 9.81. The van der Waals surface area contributed by atoms with Gasteiger partial charge in [-0.3, -0.25) is 0 Å². The molecule has 0 atom stereocenters. The predicted molar refractivity (Wildman–Crippen MR) is 42.1 cm³/mol. The summed E-state index contributed by atoms with van der Waals surface area (Å²) in [5, 5.41) is 0. The molecule has 0 aliphatic rings. The second kappa shape index (κ2) is 4.01. The van der Waals surface area contributed by atoms with Crippen LogP contribution in [0.25, 0.3) is 0 Å². The molecule has 0 aromatic heterocycles. The second-order valence-electron chi connectivity index (χ2n) is 2.14. The Morgan fingerprint density at radius 1 is 0.750 bits per heavy atom. The molecular weight excluding hydrogens is 358 g/mol. The second-order valence-corrected chi connectivity index (χ2v) is 7.99. The third kappa shape index (κ3) is 2.61. The molecule has 16 heavy (non-hydrogen) atoms. The van der Waals surface area contributed by atoms with E-state index >= 15 is 0 Å². The number of hydrogen-bond acceptors (Lipinski definition) is 4. The highest BCUT2D eigenvalue weighted by Gasteiger charge is 2.63. The summed E-state index contributed by atoms with van der Waals surface area (Å²) < 4.78 is 109. The molecule has 0 heterocycles. The predicted octanol–water partition coefficient (Wildman–Crippen LogP) is 1.70. The highest BCUT2D eigenvalue weighted by molar-refractivity contribution is 9.15. The van der Waals surface area contributed by atoms with E-state index in [4.69, 9.17) is 0 Å². The van der Waals surface area contributed by atoms with Gasteiger partial charge in [0.15, 0.2) is 0 Å². The molecule has 0 N–H and O–H groups in total. The van der Waals surface area contributed by atoms with Crippen molar-refractivity contribution in [2.75, 3.05) is 0 Å². The van der Waals surface area contributed by atoms with Crippen LogP contribution in [-0.2, 0) is 19.7 Å². The number of sulfone groups is 2. The van der Waals surface area contributed by atoms with Crippen LogP contribution in [0.5, 0.6) is 0 Å². The van der Waals surface area contributed by atoms with Gasteiger partial charge in [-0.15, -0.1) is 0 Å². The van der Waals surface area contributed by atoms with Crippen molar-refractivity contribution in [3.05, 3.63) is 3.49 Å². The summed E-state index contributed by atoms with van der Waals surface area (Å²) in [5.74, 6) is 0. The van der Waals surface area contributed by atoms with Gasteiger partial charge in [0.2, 0.25) is 0 Å². The fourth-order valence-electron chi connectivity index (χ4n) is 0.326. The van der Waals surface area contributed by atoms with Crippen LogP contribution in [0.3, 0.4) is 0 Å². The Kier molecular flexibility index (Phi) is 4.00. The summed E-state index contributed by atoms with van der Waals surface area (Å²) in [6.07, 6.45) is 0. The molecule has 0 unspecified atom stereocenters. The van der Waals surface area contributed by atoms with E-state index in [9.17, 15) is 43.2 Å². The lowest BCUT2D eigenvalue weighted by Gasteiger charge is -2.14. The number of alkyl halides is 6. The molecule has 0 aromatic rings. The molecule has 97 valence electrons. The molecule has 0 aliphatic carbocycles. The molecule has 1 radical (unpaired) electrons. The van der Waals surface area contributed by atoms with E-state index < -0.39 is 34.2 Å². The first-order valence-electron chi connectivity index (χ1n) is 2.81. The number of rotatable bonds is 2. The maximum atomic E-state index is 11.7. The van der Waals surface area contributed by atoms with Crippen molar-refractivity contribution < 1.29 is 43.2 Å². The van der Waals surface area contributed by atoms with E-state index in [-0.39, 0.29) is 0 Å². The molecule has 0 amide bonds. The fourth-order valence-corrected chi connectivity index (χ4v) is 3.51. The highest BCUT2D eigenvalue weighted by atomic mass is 79.9. The van der Waals surface area contributed by atoms with Gasteiger partial charge < -0.3 is 0 Å². The van der Waals surface area contributed by atoms with E-state index in [1.807, 2.05) is 0 Å². The van der Waals surface area contributed by atoms with E-state index in [0.717, 1.165) is 0 Å². The summed E-state index contributed by atoms with van der Waals surface area (Å²) in [6.45, 7) is 0. The lowest BCUT2D eigenvalue weighted by atomic mass is 11.5. The van der Waals surface area contributed by atoms with Crippen molar-refractivity contribution in [3.8, 4) is 0 Å². The number of hydrogen-bond donors (Lipinski definition) is 0. The topological polar surface area (TPSA) is 68.3 Å². The quantitative estimate of drug-likeness (QED) is 0.705. The first kappa shape index (κ1) is 16.0. The van der Waals surface area contributed by atoms with Crippen LogP contribution in [0.15, 0.2) is 0 Å². The summed E-state index contributed by atoms with van der Waals surface area (Å²) in [6, 6.07) is 0. The average Bonchev–Trinajstić information content (AvgIpc) is 1.98. The maximum Gasteiger partial charge on any atom is 0.499 e. The van der Waals surface area contributed by atoms with Gasteiger partial charge in [0.05, 0.1) is 0 Å². The summed E-state index contributed by atoms with van der Waals surface area (Å²) in [4.78, 5) is 0. The van der Waals surface area contributed by atoms with Gasteiger partial charge in [-0.25, -0.2) is 16.8 Å². The van der Waals surface area contributed by atoms with Crippen LogP contribution < -0.4 is 0 Å². The lowest BCUT2D eigenvalue weighted by molar-refractivity contribution is -0.0448. The van der Waals surface area contributed by atoms with Crippen LogP contribution in [0, 0.1) is 3.49 Å². The molecular formula is C3BrF6O4S2. The zero-order chi connectivity index (χ0) is 13.6. The minimum atomic E-state index is -6.59. The number of halogens is 7. The van der Waals surface area contributed by atoms with Gasteiger partial charge in [-0.2, -0.15) is 26.3 Å². The average molecular weight is 358 g/mol. The molecule has 0 rings (SSSR count). The third-order valence-electron chi connectivity index (χ3n) is 1.03. The Labute approximate surface area is 93.6 Å². The molecule has 0 saturated heterocycles. The van der Waals surface area contributed by atoms with Gasteiger partial charge in [0.1, 0.15) is 0 Å². The van der Waals surface area contributed by atoms with Gasteiger partial charge in [-0.05, 0) is 15.9 Å². The van der Waals surface area contributed by atoms with Crippen LogP contribution in [-0.4, -0.2) is 27.9 Å². The van der Waals surface area contributed by atoms with Crippen LogP contribution in [0.2, 0.25) is 0 Å². The van der Waals surface area contributed by atoms with E-state index in [0.29, 0.717) is 0 Å². The van der Waals surface area contributed by atoms with Crippen LogP contribution >= 0.6 is 15.9 Å². The largest absolute Gasteiger partial charge is 0.499 e. The Balaban J connectivity index is 5.70. The Hall–Kier alpha value is -0.0400. The van der Waals surface area contributed by atoms with Crippen molar-refractivity contribution in [1.82, 2.24) is 0 Å². The van der Waals surface area contributed by atoms with E-state index in [1.54, 1.807) is 0 Å². The minimum Gasteiger partial charge on any atom is -0.217 e. The van der Waals surface area contributed by atoms with Gasteiger partial charge in [-0.1, -0.05) is 0 Å². The SMILES string of the molecule is O=S(=O)([C](Br)S(=O)(=O)C(F)(F)F)C(F)(F)F. The zero-order valence-electron chi connectivity index (χ0n) is 6.60. The molecule has 0 bridgehead atoms. The third-order valence-corrected chi connectivity index (χ3v) is 6.97. The first-order valence-corrected chi connectivity index (χ1v) is 6.57. The molecule has 0 aliphatic heterocycles. The van der Waals surface area contributed by atoms with Crippen molar-refractivity contribution in [1.29, 1.82) is 0 Å². The van der Waals surface area contributed by atoms with Gasteiger partial charge >= 0.3 is 11.0 Å². The Morgan fingerprint density at radius 3 is 1.06 bits per heavy atom. The fraction of sp³-hybridized carbons (Fsp3) is 0.667. The summed E-state index contributed by atoms with van der Waals surface area (Å²) >= 11 is 1.29. The molecule has 0 spiro atoms. The summed E-state index contributed by atoms with van der Waals surface area (Å²) in [5.41, 5.74) is -12.3. The smallest absolute Gasteiger partial charge is 0.217 e. The first-order chi connectivity index (χ1) is 6.65. The van der Waals surface area contributed by atoms with Gasteiger partial charge in [0.25, 0.3) is 23.2 Å². The van der Waals surface area contributed by atoms with Crippen molar-refractivity contribution >= 4 is 35.6 Å². The Morgan fingerprint density at radius 2 is 0.938 bits per heavy atom. The molecule has 0 aromatic carbocycles. The normalized spacial score (nSPS) is 15.5. The Bertz CT molecular complexity index is 413. The molecule has 0 saturated carbocycles. The summed E-state index contributed by atoms with van der Waals surface area (Å²) in [7, 11) is -13.2. The monoisotopic (exact) mass is 357 g/mol. The molecule has 13 heteroatoms. The van der Waals surface area contributed by atoms with E-state index in [1.165, 1.54) is 15.9 Å². The molecule has 0 fully saturated rings. The maximum absolute atomic E-state index is 11.7. The standard InChI is InChI=1S/C3BrF6O4S2/c4-1(15(11,12)2(5,6)7)16(13,14)3(8,9)10. The minimum absolute atomic E-state index is 1.29. The highest BCUT2D eigenvalue weighted by Crippen LogP contribution is 2.43. The van der Waals surface area contributed by atoms with Crippen molar-refractivity contribution in [2.45, 2.75) is 11.0 Å². The van der Waals surface area contributed by atoms with E-state index in [2.05, 4.69) is 0 Å². The van der Waals surface area contributed by atoms with Gasteiger partial charge in [0, 0.05) is 0 Å². The lowest BCUT2D eigenvalue weighted by Crippen LogP contribution is -2.36. The van der Waals surface area contributed by atoms with Crippen LogP contribution in [0.1, 0.15) is 0 Å².